The molecule has 3 N–H and O–H groups in total. The Morgan fingerprint density at radius 3 is 2.26 bits per heavy atom. The Morgan fingerprint density at radius 2 is 1.53 bits per heavy atom. The van der Waals surface area contributed by atoms with Gasteiger partial charge in [0.15, 0.2) is 0 Å². The summed E-state index contributed by atoms with van der Waals surface area (Å²) in [4.78, 5) is 24.1. The van der Waals surface area contributed by atoms with Gasteiger partial charge in [-0.2, -0.15) is 0 Å². The highest BCUT2D eigenvalue weighted by atomic mass is 16.5. The summed E-state index contributed by atoms with van der Waals surface area (Å²) >= 11 is 0. The lowest BCUT2D eigenvalue weighted by atomic mass is 10.00. The van der Waals surface area contributed by atoms with Gasteiger partial charge < -0.3 is 20.3 Å². The predicted octanol–water partition coefficient (Wildman–Crippen LogP) is 5.63. The maximum atomic E-state index is 12.8. The molecule has 0 heterocycles. The highest BCUT2D eigenvalue weighted by molar-refractivity contribution is 6.05. The number of hydrogen-bond donors (Lipinski definition) is 3. The first-order valence-electron chi connectivity index (χ1n) is 10.7. The van der Waals surface area contributed by atoms with E-state index in [4.69, 9.17) is 4.74 Å². The minimum absolute atomic E-state index is 0.196. The zero-order valence-corrected chi connectivity index (χ0v) is 18.3. The van der Waals surface area contributed by atoms with E-state index in [0.29, 0.717) is 29.0 Å². The number of carbonyl (C=O) groups is 2. The Bertz CT molecular complexity index is 1300. The van der Waals surface area contributed by atoms with Crippen LogP contribution in [0.4, 0.5) is 5.69 Å². The van der Waals surface area contributed by atoms with Crippen LogP contribution in [0.5, 0.6) is 11.5 Å². The number of aromatic carboxylic acids is 1. The molecule has 0 aliphatic rings. The first-order chi connectivity index (χ1) is 16.5. The summed E-state index contributed by atoms with van der Waals surface area (Å²) in [5, 5.41) is 21.8. The number of phenols is 1. The maximum absolute atomic E-state index is 12.8. The van der Waals surface area contributed by atoms with Crippen molar-refractivity contribution < 1.29 is 24.5 Å². The van der Waals surface area contributed by atoms with Crippen molar-refractivity contribution in [3.63, 3.8) is 0 Å². The van der Waals surface area contributed by atoms with E-state index in [9.17, 15) is 19.8 Å². The second-order valence-corrected chi connectivity index (χ2v) is 7.68. The molecule has 0 atom stereocenters. The van der Waals surface area contributed by atoms with Gasteiger partial charge in [0.2, 0.25) is 0 Å². The lowest BCUT2D eigenvalue weighted by Crippen LogP contribution is -2.11. The van der Waals surface area contributed by atoms with Crippen LogP contribution in [0.1, 0.15) is 26.3 Å². The fourth-order valence-corrected chi connectivity index (χ4v) is 3.50. The first-order valence-corrected chi connectivity index (χ1v) is 10.7. The lowest BCUT2D eigenvalue weighted by Gasteiger charge is -2.10. The van der Waals surface area contributed by atoms with E-state index >= 15 is 0 Å². The third-order valence-corrected chi connectivity index (χ3v) is 5.30. The molecule has 4 aromatic rings. The van der Waals surface area contributed by atoms with Crippen LogP contribution in [0.2, 0.25) is 0 Å². The molecule has 0 saturated carbocycles. The number of carboxylic acid groups (broad SMARTS) is 1. The van der Waals surface area contributed by atoms with Crippen LogP contribution in [0.15, 0.2) is 97.1 Å². The molecule has 6 heteroatoms. The fraction of sp³-hybridized carbons (Fsp3) is 0.0714. The summed E-state index contributed by atoms with van der Waals surface area (Å²) in [6, 6.07) is 28.4. The van der Waals surface area contributed by atoms with Gasteiger partial charge in [0.1, 0.15) is 17.1 Å². The summed E-state index contributed by atoms with van der Waals surface area (Å²) in [7, 11) is 0. The molecule has 4 aromatic carbocycles. The summed E-state index contributed by atoms with van der Waals surface area (Å²) in [5.41, 5.74) is 3.31. The Balaban J connectivity index is 1.39. The Labute approximate surface area is 197 Å². The number of benzene rings is 4. The molecule has 0 spiro atoms. The number of rotatable bonds is 8. The number of ether oxygens (including phenoxy) is 1. The molecule has 0 unspecified atom stereocenters. The van der Waals surface area contributed by atoms with Crippen molar-refractivity contribution in [2.45, 2.75) is 6.42 Å². The predicted molar refractivity (Wildman–Crippen MR) is 131 cm³/mol. The topological polar surface area (TPSA) is 95.9 Å². The molecule has 34 heavy (non-hydrogen) atoms. The standard InChI is InChI=1S/C28H23NO5/c30-26-14-9-21(18-25(26)28(32)33)20-7-4-8-22(17-20)27(31)29-23-10-12-24(13-11-23)34-16-15-19-5-2-1-3-6-19/h1-14,17-18,30H,15-16H2,(H,29,31)(H,32,33). The molecule has 0 aliphatic carbocycles. The smallest absolute Gasteiger partial charge is 0.339 e. The number of anilines is 1. The van der Waals surface area contributed by atoms with E-state index in [-0.39, 0.29) is 17.2 Å². The molecular formula is C28H23NO5. The summed E-state index contributed by atoms with van der Waals surface area (Å²) in [5.74, 6) is -1.10. The van der Waals surface area contributed by atoms with Crippen molar-refractivity contribution in [3.8, 4) is 22.6 Å². The van der Waals surface area contributed by atoms with Gasteiger partial charge in [-0.3, -0.25) is 4.79 Å². The zero-order valence-electron chi connectivity index (χ0n) is 18.3. The maximum Gasteiger partial charge on any atom is 0.339 e. The second kappa shape index (κ2) is 10.4. The van der Waals surface area contributed by atoms with E-state index in [1.807, 2.05) is 18.2 Å². The van der Waals surface area contributed by atoms with Crippen molar-refractivity contribution in [1.82, 2.24) is 0 Å². The molecule has 0 aliphatic heterocycles. The fourth-order valence-electron chi connectivity index (χ4n) is 3.50. The highest BCUT2D eigenvalue weighted by Crippen LogP contribution is 2.27. The Morgan fingerprint density at radius 1 is 0.794 bits per heavy atom. The van der Waals surface area contributed by atoms with Gasteiger partial charge in [0.05, 0.1) is 6.61 Å². The number of hydrogen-bond acceptors (Lipinski definition) is 4. The third-order valence-electron chi connectivity index (χ3n) is 5.30. The number of amides is 1. The van der Waals surface area contributed by atoms with Crippen LogP contribution in [0.3, 0.4) is 0 Å². The molecule has 0 radical (unpaired) electrons. The SMILES string of the molecule is O=C(Nc1ccc(OCCc2ccccc2)cc1)c1cccc(-c2ccc(O)c(C(=O)O)c2)c1. The summed E-state index contributed by atoms with van der Waals surface area (Å²) in [6.45, 7) is 0.559. The molecule has 0 aromatic heterocycles. The molecule has 0 bridgehead atoms. The average Bonchev–Trinajstić information content (AvgIpc) is 2.86. The van der Waals surface area contributed by atoms with Gasteiger partial charge in [0.25, 0.3) is 5.91 Å². The van der Waals surface area contributed by atoms with Crippen LogP contribution in [-0.2, 0) is 6.42 Å². The Kier molecular flexibility index (Phi) is 6.89. The molecule has 1 amide bonds. The largest absolute Gasteiger partial charge is 0.507 e. The molecule has 0 fully saturated rings. The minimum Gasteiger partial charge on any atom is -0.507 e. The minimum atomic E-state index is -1.22. The van der Waals surface area contributed by atoms with Gasteiger partial charge in [-0.05, 0) is 65.2 Å². The lowest BCUT2D eigenvalue weighted by molar-refractivity contribution is 0.0693. The van der Waals surface area contributed by atoms with Crippen molar-refractivity contribution in [2.24, 2.45) is 0 Å². The van der Waals surface area contributed by atoms with Crippen molar-refractivity contribution in [3.05, 3.63) is 114 Å². The number of nitrogens with one attached hydrogen (secondary N) is 1. The molecule has 4 rings (SSSR count). The quantitative estimate of drug-likeness (QED) is 0.321. The van der Waals surface area contributed by atoms with Crippen LogP contribution >= 0.6 is 0 Å². The van der Waals surface area contributed by atoms with E-state index in [2.05, 4.69) is 17.4 Å². The van der Waals surface area contributed by atoms with Gasteiger partial charge >= 0.3 is 5.97 Å². The van der Waals surface area contributed by atoms with Crippen LogP contribution in [0.25, 0.3) is 11.1 Å². The average molecular weight is 453 g/mol. The van der Waals surface area contributed by atoms with Gasteiger partial charge in [-0.1, -0.05) is 48.5 Å². The third kappa shape index (κ3) is 5.61. The number of aromatic hydroxyl groups is 1. The van der Waals surface area contributed by atoms with Crippen molar-refractivity contribution in [1.29, 1.82) is 0 Å². The van der Waals surface area contributed by atoms with E-state index in [1.165, 1.54) is 17.7 Å². The second-order valence-electron chi connectivity index (χ2n) is 7.68. The van der Waals surface area contributed by atoms with Crippen LogP contribution < -0.4 is 10.1 Å². The van der Waals surface area contributed by atoms with Gasteiger partial charge in [-0.25, -0.2) is 4.79 Å². The summed E-state index contributed by atoms with van der Waals surface area (Å²) < 4.78 is 5.78. The number of carbonyl (C=O) groups excluding carboxylic acids is 1. The molecule has 6 nitrogen and oxygen atoms in total. The molecular weight excluding hydrogens is 430 g/mol. The zero-order chi connectivity index (χ0) is 23.9. The van der Waals surface area contributed by atoms with Crippen molar-refractivity contribution >= 4 is 17.6 Å². The van der Waals surface area contributed by atoms with Gasteiger partial charge in [-0.15, -0.1) is 0 Å². The highest BCUT2D eigenvalue weighted by Gasteiger charge is 2.13. The molecule has 0 saturated heterocycles. The van der Waals surface area contributed by atoms with Crippen LogP contribution in [-0.4, -0.2) is 28.7 Å². The number of carboxylic acids is 1. The first kappa shape index (κ1) is 22.6. The molecule has 170 valence electrons. The van der Waals surface area contributed by atoms with E-state index < -0.39 is 5.97 Å². The Hall–Kier alpha value is -4.58. The summed E-state index contributed by atoms with van der Waals surface area (Å²) in [6.07, 6.45) is 0.810. The van der Waals surface area contributed by atoms with Crippen LogP contribution in [0, 0.1) is 0 Å². The van der Waals surface area contributed by atoms with E-state index in [0.717, 1.165) is 12.2 Å². The van der Waals surface area contributed by atoms with E-state index in [1.54, 1.807) is 54.6 Å². The van der Waals surface area contributed by atoms with Gasteiger partial charge in [0, 0.05) is 17.7 Å². The van der Waals surface area contributed by atoms with Crippen molar-refractivity contribution in [2.75, 3.05) is 11.9 Å². The normalized spacial score (nSPS) is 10.5. The monoisotopic (exact) mass is 453 g/mol.